The summed E-state index contributed by atoms with van der Waals surface area (Å²) in [6, 6.07) is 6.24. The van der Waals surface area contributed by atoms with E-state index < -0.39 is 0 Å². The molecular formula is C23H33N5O2. The lowest BCUT2D eigenvalue weighted by atomic mass is 9.74. The molecule has 1 aromatic heterocycles. The number of anilines is 1. The van der Waals surface area contributed by atoms with Gasteiger partial charge in [0.05, 0.1) is 6.07 Å². The molecule has 4 atom stereocenters. The molecule has 1 aliphatic heterocycles. The van der Waals surface area contributed by atoms with Crippen LogP contribution in [0.2, 0.25) is 0 Å². The molecule has 7 heteroatoms. The Kier molecular flexibility index (Phi) is 5.88. The number of nitrogens with zero attached hydrogens (tertiary/aromatic N) is 3. The molecule has 0 bridgehead atoms. The Morgan fingerprint density at radius 2 is 2.10 bits per heavy atom. The molecule has 0 spiro atoms. The second-order valence-corrected chi connectivity index (χ2v) is 9.42. The number of H-pyrrole nitrogens is 1. The topological polar surface area (TPSA) is 92.2 Å². The first kappa shape index (κ1) is 20.9. The third kappa shape index (κ3) is 4.24. The molecule has 2 aliphatic carbocycles. The molecular weight excluding hydrogens is 378 g/mol. The first-order chi connectivity index (χ1) is 14.4. The predicted molar refractivity (Wildman–Crippen MR) is 116 cm³/mol. The summed E-state index contributed by atoms with van der Waals surface area (Å²) >= 11 is 0. The number of amides is 1. The normalized spacial score (nSPS) is 29.2. The van der Waals surface area contributed by atoms with Crippen LogP contribution < -0.4 is 15.8 Å². The summed E-state index contributed by atoms with van der Waals surface area (Å²) in [5.74, 6) is 0.590. The van der Waals surface area contributed by atoms with E-state index in [1.807, 2.05) is 6.07 Å². The number of carbonyl (C=O) groups excluding carboxylic acids is 1. The maximum Gasteiger partial charge on any atom is 0.249 e. The SMILES string of the molecule is CC(NC1(C#N)CC1)[C@@H]1CCCC[C@H]1C(=O)N1CCN(c2cc[nH]c(=O)c2)C[C@H]1C. The van der Waals surface area contributed by atoms with Gasteiger partial charge in [-0.2, -0.15) is 5.26 Å². The van der Waals surface area contributed by atoms with Crippen molar-refractivity contribution in [2.24, 2.45) is 11.8 Å². The predicted octanol–water partition coefficient (Wildman–Crippen LogP) is 2.25. The molecule has 1 amide bonds. The molecule has 162 valence electrons. The Labute approximate surface area is 178 Å². The van der Waals surface area contributed by atoms with Crippen LogP contribution in [0.15, 0.2) is 23.1 Å². The number of nitrogens with one attached hydrogen (secondary N) is 2. The summed E-state index contributed by atoms with van der Waals surface area (Å²) in [6.07, 6.45) is 7.76. The van der Waals surface area contributed by atoms with Gasteiger partial charge >= 0.3 is 0 Å². The number of pyridine rings is 1. The fourth-order valence-corrected chi connectivity index (χ4v) is 5.38. The number of aromatic nitrogens is 1. The third-order valence-corrected chi connectivity index (χ3v) is 7.28. The molecule has 30 heavy (non-hydrogen) atoms. The molecule has 0 radical (unpaired) electrons. The van der Waals surface area contributed by atoms with E-state index in [2.05, 4.69) is 40.0 Å². The molecule has 1 saturated heterocycles. The third-order valence-electron chi connectivity index (χ3n) is 7.28. The van der Waals surface area contributed by atoms with Crippen molar-refractivity contribution in [2.75, 3.05) is 24.5 Å². The van der Waals surface area contributed by atoms with E-state index in [0.29, 0.717) is 6.54 Å². The van der Waals surface area contributed by atoms with Gasteiger partial charge in [-0.25, -0.2) is 0 Å². The van der Waals surface area contributed by atoms with Crippen LogP contribution in [-0.4, -0.2) is 53.0 Å². The number of piperazine rings is 1. The van der Waals surface area contributed by atoms with Crippen molar-refractivity contribution >= 4 is 11.6 Å². The van der Waals surface area contributed by atoms with E-state index in [0.717, 1.165) is 57.3 Å². The fourth-order valence-electron chi connectivity index (χ4n) is 5.38. The molecule has 3 fully saturated rings. The Bertz CT molecular complexity index is 871. The highest BCUT2D eigenvalue weighted by molar-refractivity contribution is 5.80. The Balaban J connectivity index is 1.42. The van der Waals surface area contributed by atoms with Gasteiger partial charge in [0.1, 0.15) is 5.54 Å². The summed E-state index contributed by atoms with van der Waals surface area (Å²) in [6.45, 7) is 6.41. The highest BCUT2D eigenvalue weighted by Crippen LogP contribution is 2.39. The van der Waals surface area contributed by atoms with Crippen LogP contribution in [0.3, 0.4) is 0 Å². The van der Waals surface area contributed by atoms with Gasteiger partial charge in [-0.3, -0.25) is 14.9 Å². The summed E-state index contributed by atoms with van der Waals surface area (Å²) in [5, 5.41) is 13.0. The lowest BCUT2D eigenvalue weighted by Gasteiger charge is -2.45. The van der Waals surface area contributed by atoms with Gasteiger partial charge in [0, 0.05) is 55.6 Å². The van der Waals surface area contributed by atoms with E-state index in [4.69, 9.17) is 0 Å². The van der Waals surface area contributed by atoms with Gasteiger partial charge in [-0.1, -0.05) is 12.8 Å². The summed E-state index contributed by atoms with van der Waals surface area (Å²) in [7, 11) is 0. The molecule has 2 N–H and O–H groups in total. The number of nitriles is 1. The fraction of sp³-hybridized carbons (Fsp3) is 0.696. The first-order valence-electron chi connectivity index (χ1n) is 11.4. The standard InChI is InChI=1S/C23H33N5O2/c1-16-14-27(18-7-10-25-21(29)13-18)11-12-28(16)22(30)20-6-4-3-5-19(20)17(2)26-23(15-24)8-9-23/h7,10,13,16-17,19-20,26H,3-6,8-9,11-12,14H2,1-2H3,(H,25,29)/t16-,17?,19+,20-/m1/s1. The lowest BCUT2D eigenvalue weighted by Crippen LogP contribution is -2.57. The van der Waals surface area contributed by atoms with Crippen molar-refractivity contribution < 1.29 is 4.79 Å². The number of rotatable bonds is 5. The Morgan fingerprint density at radius 1 is 1.33 bits per heavy atom. The van der Waals surface area contributed by atoms with Gasteiger partial charge in [0.2, 0.25) is 11.5 Å². The van der Waals surface area contributed by atoms with Crippen molar-refractivity contribution in [1.82, 2.24) is 15.2 Å². The minimum Gasteiger partial charge on any atom is -0.367 e. The molecule has 3 aliphatic rings. The lowest BCUT2D eigenvalue weighted by molar-refractivity contribution is -0.141. The number of aromatic amines is 1. The maximum atomic E-state index is 13.6. The minimum atomic E-state index is -0.350. The van der Waals surface area contributed by atoms with Gasteiger partial charge in [0.15, 0.2) is 0 Å². The molecule has 2 heterocycles. The maximum absolute atomic E-state index is 13.6. The smallest absolute Gasteiger partial charge is 0.249 e. The van der Waals surface area contributed by atoms with Crippen molar-refractivity contribution in [1.29, 1.82) is 5.26 Å². The van der Waals surface area contributed by atoms with Gasteiger partial charge in [-0.15, -0.1) is 0 Å². The zero-order chi connectivity index (χ0) is 21.3. The van der Waals surface area contributed by atoms with Crippen LogP contribution in [0.5, 0.6) is 0 Å². The van der Waals surface area contributed by atoms with Crippen molar-refractivity contribution in [3.63, 3.8) is 0 Å². The van der Waals surface area contributed by atoms with Crippen LogP contribution in [0, 0.1) is 23.2 Å². The molecule has 4 rings (SSSR count). The van der Waals surface area contributed by atoms with E-state index >= 15 is 0 Å². The number of carbonyl (C=O) groups is 1. The number of hydrogen-bond acceptors (Lipinski definition) is 5. The zero-order valence-electron chi connectivity index (χ0n) is 18.1. The van der Waals surface area contributed by atoms with Crippen molar-refractivity contribution in [3.8, 4) is 6.07 Å². The van der Waals surface area contributed by atoms with Crippen molar-refractivity contribution in [3.05, 3.63) is 28.7 Å². The highest BCUT2D eigenvalue weighted by Gasteiger charge is 2.47. The number of hydrogen-bond donors (Lipinski definition) is 2. The summed E-state index contributed by atoms with van der Waals surface area (Å²) in [4.78, 5) is 32.1. The van der Waals surface area contributed by atoms with E-state index in [1.165, 1.54) is 0 Å². The van der Waals surface area contributed by atoms with Crippen LogP contribution in [0.25, 0.3) is 0 Å². The second-order valence-electron chi connectivity index (χ2n) is 9.42. The quantitative estimate of drug-likeness (QED) is 0.775. The average Bonchev–Trinajstić information content (AvgIpc) is 3.53. The summed E-state index contributed by atoms with van der Waals surface area (Å²) in [5.41, 5.74) is 0.463. The molecule has 1 unspecified atom stereocenters. The van der Waals surface area contributed by atoms with Gasteiger partial charge in [-0.05, 0) is 51.5 Å². The Hall–Kier alpha value is -2.33. The van der Waals surface area contributed by atoms with Crippen LogP contribution >= 0.6 is 0 Å². The minimum absolute atomic E-state index is 0.0318. The molecule has 0 aromatic carbocycles. The highest BCUT2D eigenvalue weighted by atomic mass is 16.2. The van der Waals surface area contributed by atoms with Crippen LogP contribution in [0.1, 0.15) is 52.4 Å². The largest absolute Gasteiger partial charge is 0.367 e. The zero-order valence-corrected chi connectivity index (χ0v) is 18.1. The van der Waals surface area contributed by atoms with Crippen molar-refractivity contribution in [2.45, 2.75) is 70.0 Å². The molecule has 7 nitrogen and oxygen atoms in total. The van der Waals surface area contributed by atoms with Gasteiger partial charge < -0.3 is 14.8 Å². The molecule has 2 saturated carbocycles. The summed E-state index contributed by atoms with van der Waals surface area (Å²) < 4.78 is 0. The van der Waals surface area contributed by atoms with E-state index in [1.54, 1.807) is 12.3 Å². The van der Waals surface area contributed by atoms with Gasteiger partial charge in [0.25, 0.3) is 0 Å². The van der Waals surface area contributed by atoms with E-state index in [9.17, 15) is 14.9 Å². The first-order valence-corrected chi connectivity index (χ1v) is 11.4. The molecule has 1 aromatic rings. The Morgan fingerprint density at radius 3 is 2.77 bits per heavy atom. The van der Waals surface area contributed by atoms with Crippen LogP contribution in [-0.2, 0) is 4.79 Å². The second kappa shape index (κ2) is 8.43. The monoisotopic (exact) mass is 411 g/mol. The average molecular weight is 412 g/mol. The van der Waals surface area contributed by atoms with E-state index in [-0.39, 0.29) is 40.9 Å². The van der Waals surface area contributed by atoms with Crippen LogP contribution in [0.4, 0.5) is 5.69 Å².